The molecular formula is H5CaNaSrW. The second-order valence-corrected chi connectivity index (χ2v) is 0. The maximum atomic E-state index is 0. The van der Waals surface area contributed by atoms with Gasteiger partial charge in [-0.2, -0.15) is 0 Å². The van der Waals surface area contributed by atoms with Crippen molar-refractivity contribution in [2.45, 2.75) is 0 Å². The average molecular weight is 340 g/mol. The van der Waals surface area contributed by atoms with E-state index >= 15 is 0 Å². The summed E-state index contributed by atoms with van der Waals surface area (Å²) >= 11 is 0. The molecule has 0 aliphatic heterocycles. The van der Waals surface area contributed by atoms with Gasteiger partial charge in [-0.1, -0.05) is 0 Å². The maximum Gasteiger partial charge on any atom is 0 e. The predicted molar refractivity (Wildman–Crippen MR) is 24.2 cm³/mol. The van der Waals surface area contributed by atoms with Crippen molar-refractivity contribution in [2.75, 3.05) is 0 Å². The molecule has 0 nitrogen and oxygen atoms in total. The summed E-state index contributed by atoms with van der Waals surface area (Å²) in [6.45, 7) is 0. The van der Waals surface area contributed by atoms with Gasteiger partial charge in [0.2, 0.25) is 0 Å². The minimum absolute atomic E-state index is 0. The first-order valence-corrected chi connectivity index (χ1v) is 0. The third kappa shape index (κ3) is 9.66. The van der Waals surface area contributed by atoms with E-state index in [0.717, 1.165) is 0 Å². The maximum absolute atomic E-state index is 0. The number of hydrogen-bond donors (Lipinski definition) is 0. The molecule has 0 spiro atoms. The van der Waals surface area contributed by atoms with Crippen molar-refractivity contribution in [1.82, 2.24) is 0 Å². The Morgan fingerprint density at radius 3 is 1.00 bits per heavy atom. The van der Waals surface area contributed by atoms with Crippen LogP contribution >= 0.6 is 0 Å². The van der Waals surface area contributed by atoms with E-state index in [-0.39, 0.29) is 134 Å². The van der Waals surface area contributed by atoms with E-state index in [2.05, 4.69) is 0 Å². The van der Waals surface area contributed by atoms with Crippen LogP contribution in [0.3, 0.4) is 0 Å². The molecule has 0 unspecified atom stereocenters. The Kier molecular flexibility index (Phi) is 92.8. The van der Waals surface area contributed by atoms with Gasteiger partial charge in [-0.05, 0) is 0 Å². The molecule has 0 bridgehead atoms. The fourth-order valence-electron chi connectivity index (χ4n) is 0. The molecule has 0 radical (unpaired) electrons. The van der Waals surface area contributed by atoms with Gasteiger partial charge in [-0.15, -0.1) is 0 Å². The second kappa shape index (κ2) is 15.7. The normalized spacial score (nSPS) is 0. The summed E-state index contributed by atoms with van der Waals surface area (Å²) in [5.74, 6) is 0. The second-order valence-electron chi connectivity index (χ2n) is 0. The molecule has 0 rings (SSSR count). The molecule has 0 fully saturated rings. The Balaban J connectivity index is 0. The summed E-state index contributed by atoms with van der Waals surface area (Å²) < 4.78 is 0. The molecule has 0 aromatic carbocycles. The summed E-state index contributed by atoms with van der Waals surface area (Å²) in [5, 5.41) is 0. The third-order valence-electron chi connectivity index (χ3n) is 0. The SMILES string of the molecule is [CaH2].[NaH].[SrH2].[W]. The molecule has 0 aliphatic rings. The van der Waals surface area contributed by atoms with E-state index in [1.807, 2.05) is 0 Å². The summed E-state index contributed by atoms with van der Waals surface area (Å²) in [7, 11) is 0. The molecular weight excluding hydrogens is 335 g/mol. The van der Waals surface area contributed by atoms with Crippen LogP contribution < -0.4 is 0 Å². The van der Waals surface area contributed by atoms with E-state index in [9.17, 15) is 0 Å². The summed E-state index contributed by atoms with van der Waals surface area (Å²) in [4.78, 5) is 0. The minimum atomic E-state index is 0. The monoisotopic (exact) mass is 340 g/mol. The van der Waals surface area contributed by atoms with E-state index in [4.69, 9.17) is 0 Å². The van der Waals surface area contributed by atoms with Crippen LogP contribution in [-0.4, -0.2) is 113 Å². The molecule has 0 saturated heterocycles. The molecule has 0 N–H and O–H groups in total. The van der Waals surface area contributed by atoms with E-state index in [1.54, 1.807) is 0 Å². The van der Waals surface area contributed by atoms with Crippen LogP contribution in [0.2, 0.25) is 0 Å². The van der Waals surface area contributed by atoms with Gasteiger partial charge in [0.05, 0.1) is 0 Å². The van der Waals surface area contributed by atoms with Crippen molar-refractivity contribution in [3.8, 4) is 0 Å². The average Bonchev–Trinajstić information content (AvgIpc) is 0. The topological polar surface area (TPSA) is 0 Å². The zero-order valence-corrected chi connectivity index (χ0v) is 3.34. The summed E-state index contributed by atoms with van der Waals surface area (Å²) in [5.41, 5.74) is 0. The van der Waals surface area contributed by atoms with Crippen LogP contribution in [0, 0.1) is 0 Å². The number of hydrogen-bond acceptors (Lipinski definition) is 0. The molecule has 4 heavy (non-hydrogen) atoms. The zero-order valence-electron chi connectivity index (χ0n) is 0.408. The Bertz CT molecular complexity index is 8.00. The van der Waals surface area contributed by atoms with Crippen molar-refractivity contribution in [3.05, 3.63) is 0 Å². The summed E-state index contributed by atoms with van der Waals surface area (Å²) in [6.07, 6.45) is 0. The van der Waals surface area contributed by atoms with Crippen molar-refractivity contribution >= 4 is 113 Å². The van der Waals surface area contributed by atoms with Gasteiger partial charge in [-0.3, -0.25) is 0 Å². The molecule has 0 amide bonds. The quantitative estimate of drug-likeness (QED) is 0.429. The standard InChI is InChI=1S/Ca.Na.Sr.W.5H. The largest absolute Gasteiger partial charge is 0 e. The fourth-order valence-corrected chi connectivity index (χ4v) is 0. The van der Waals surface area contributed by atoms with Gasteiger partial charge >= 0.3 is 113 Å². The third-order valence-corrected chi connectivity index (χ3v) is 0. The van der Waals surface area contributed by atoms with Gasteiger partial charge in [0.15, 0.2) is 0 Å². The van der Waals surface area contributed by atoms with Crippen molar-refractivity contribution in [1.29, 1.82) is 0 Å². The number of rotatable bonds is 0. The summed E-state index contributed by atoms with van der Waals surface area (Å²) in [6, 6.07) is 0. The van der Waals surface area contributed by atoms with Gasteiger partial charge in [-0.25, -0.2) is 0 Å². The van der Waals surface area contributed by atoms with Gasteiger partial charge in [0.25, 0.3) is 0 Å². The minimum Gasteiger partial charge on any atom is 0 e. The molecule has 0 aromatic rings. The van der Waals surface area contributed by atoms with Crippen LogP contribution in [0.25, 0.3) is 0 Å². The molecule has 4 heteroatoms. The molecule has 0 atom stereocenters. The van der Waals surface area contributed by atoms with Crippen molar-refractivity contribution in [2.24, 2.45) is 0 Å². The molecule has 0 saturated carbocycles. The Morgan fingerprint density at radius 1 is 1.00 bits per heavy atom. The zero-order chi connectivity index (χ0) is 0. The van der Waals surface area contributed by atoms with Gasteiger partial charge < -0.3 is 0 Å². The molecule has 0 heterocycles. The molecule has 16 valence electrons. The van der Waals surface area contributed by atoms with Crippen LogP contribution in [0.5, 0.6) is 0 Å². The predicted octanol–water partition coefficient (Wildman–Crippen LogP) is -2.48. The van der Waals surface area contributed by atoms with Crippen LogP contribution in [0.4, 0.5) is 0 Å². The smallest absolute Gasteiger partial charge is 0 e. The Hall–Kier alpha value is 4.43. The van der Waals surface area contributed by atoms with E-state index in [0.29, 0.717) is 0 Å². The Labute approximate surface area is 130 Å². The fraction of sp³-hybridized carbons (Fsp3) is 0. The van der Waals surface area contributed by atoms with Gasteiger partial charge in [0.1, 0.15) is 0 Å². The first kappa shape index (κ1) is 23.7. The van der Waals surface area contributed by atoms with Crippen molar-refractivity contribution < 1.29 is 21.1 Å². The van der Waals surface area contributed by atoms with Crippen LogP contribution in [0.1, 0.15) is 0 Å². The first-order chi connectivity index (χ1) is 0. The van der Waals surface area contributed by atoms with Crippen LogP contribution in [-0.2, 0) is 21.1 Å². The van der Waals surface area contributed by atoms with E-state index < -0.39 is 0 Å². The Morgan fingerprint density at radius 2 is 1.00 bits per heavy atom. The van der Waals surface area contributed by atoms with E-state index in [1.165, 1.54) is 0 Å². The first-order valence-electron chi connectivity index (χ1n) is 0. The van der Waals surface area contributed by atoms with Crippen LogP contribution in [0.15, 0.2) is 0 Å². The van der Waals surface area contributed by atoms with Crippen molar-refractivity contribution in [3.63, 3.8) is 0 Å². The molecule has 0 aromatic heterocycles. The molecule has 0 aliphatic carbocycles. The van der Waals surface area contributed by atoms with Gasteiger partial charge in [0, 0.05) is 21.1 Å².